The highest BCUT2D eigenvalue weighted by molar-refractivity contribution is 5.78. The molecule has 19 heavy (non-hydrogen) atoms. The van der Waals surface area contributed by atoms with Gasteiger partial charge in [-0.15, -0.1) is 0 Å². The molecule has 0 spiro atoms. The second-order valence-corrected chi connectivity index (χ2v) is 6.98. The summed E-state index contributed by atoms with van der Waals surface area (Å²) < 4.78 is 40.8. The predicted octanol–water partition coefficient (Wildman–Crippen LogP) is 3.27. The van der Waals surface area contributed by atoms with Crippen molar-refractivity contribution >= 4 is 5.97 Å². The lowest BCUT2D eigenvalue weighted by Gasteiger charge is -2.43. The molecule has 1 atom stereocenters. The fraction of sp³-hybridized carbons (Fsp3) is 0.923. The first kappa shape index (κ1) is 18.2. The minimum atomic E-state index is -4.53. The van der Waals surface area contributed by atoms with Crippen LogP contribution in [-0.4, -0.2) is 24.3 Å². The van der Waals surface area contributed by atoms with Gasteiger partial charge >= 0.3 is 12.1 Å². The zero-order valence-electron chi connectivity index (χ0n) is 12.4. The van der Waals surface area contributed by atoms with Gasteiger partial charge in [0.15, 0.2) is 6.61 Å². The van der Waals surface area contributed by atoms with Crippen molar-refractivity contribution in [1.82, 2.24) is 0 Å². The zero-order chi connectivity index (χ0) is 15.7. The Morgan fingerprint density at radius 1 is 1.05 bits per heavy atom. The van der Waals surface area contributed by atoms with Crippen LogP contribution in [0.5, 0.6) is 0 Å². The summed E-state index contributed by atoms with van der Waals surface area (Å²) in [7, 11) is 0. The summed E-state index contributed by atoms with van der Waals surface area (Å²) in [5, 5.41) is 0. The van der Waals surface area contributed by atoms with Gasteiger partial charge < -0.3 is 10.5 Å². The van der Waals surface area contributed by atoms with Crippen LogP contribution < -0.4 is 5.73 Å². The highest BCUT2D eigenvalue weighted by atomic mass is 19.4. The lowest BCUT2D eigenvalue weighted by atomic mass is 9.65. The average molecular weight is 283 g/mol. The molecule has 0 saturated carbocycles. The molecule has 0 aliphatic heterocycles. The molecule has 0 fully saturated rings. The Hall–Kier alpha value is -0.780. The summed E-state index contributed by atoms with van der Waals surface area (Å²) in [4.78, 5) is 12.0. The van der Waals surface area contributed by atoms with Crippen LogP contribution in [0.15, 0.2) is 0 Å². The van der Waals surface area contributed by atoms with Crippen molar-refractivity contribution in [2.24, 2.45) is 16.6 Å². The maximum absolute atomic E-state index is 12.1. The van der Waals surface area contributed by atoms with E-state index in [1.54, 1.807) is 20.8 Å². The fourth-order valence-corrected chi connectivity index (χ4v) is 1.93. The molecule has 0 rings (SSSR count). The van der Waals surface area contributed by atoms with Crippen molar-refractivity contribution in [3.63, 3.8) is 0 Å². The van der Waals surface area contributed by atoms with Crippen molar-refractivity contribution in [2.75, 3.05) is 6.61 Å². The monoisotopic (exact) mass is 283 g/mol. The molecule has 0 saturated heterocycles. The van der Waals surface area contributed by atoms with E-state index in [0.717, 1.165) is 0 Å². The maximum atomic E-state index is 12.1. The van der Waals surface area contributed by atoms with Crippen LogP contribution in [0.4, 0.5) is 13.2 Å². The summed E-state index contributed by atoms with van der Waals surface area (Å²) in [6.07, 6.45) is -4.20. The minimum Gasteiger partial charge on any atom is -0.456 e. The van der Waals surface area contributed by atoms with Gasteiger partial charge in [0.1, 0.15) is 0 Å². The van der Waals surface area contributed by atoms with Crippen molar-refractivity contribution in [2.45, 2.75) is 59.7 Å². The lowest BCUT2D eigenvalue weighted by molar-refractivity contribution is -0.196. The van der Waals surface area contributed by atoms with Gasteiger partial charge in [0.05, 0.1) is 5.41 Å². The number of halogens is 3. The molecular weight excluding hydrogens is 259 g/mol. The second-order valence-electron chi connectivity index (χ2n) is 6.98. The largest absolute Gasteiger partial charge is 0.456 e. The first-order chi connectivity index (χ1) is 8.08. The van der Waals surface area contributed by atoms with E-state index in [2.05, 4.69) is 4.74 Å². The molecule has 0 aromatic heterocycles. The molecule has 0 aliphatic rings. The van der Waals surface area contributed by atoms with E-state index >= 15 is 0 Å². The van der Waals surface area contributed by atoms with Crippen LogP contribution in [0, 0.1) is 10.8 Å². The Kier molecular flexibility index (Phi) is 5.09. The van der Waals surface area contributed by atoms with Gasteiger partial charge in [-0.1, -0.05) is 20.8 Å². The quantitative estimate of drug-likeness (QED) is 0.806. The summed E-state index contributed by atoms with van der Waals surface area (Å²) >= 11 is 0. The fourth-order valence-electron chi connectivity index (χ4n) is 1.93. The molecule has 6 heteroatoms. The zero-order valence-corrected chi connectivity index (χ0v) is 12.4. The predicted molar refractivity (Wildman–Crippen MR) is 67.5 cm³/mol. The van der Waals surface area contributed by atoms with Crippen LogP contribution in [0.3, 0.4) is 0 Å². The maximum Gasteiger partial charge on any atom is 0.422 e. The Morgan fingerprint density at radius 3 is 1.74 bits per heavy atom. The van der Waals surface area contributed by atoms with E-state index in [1.807, 2.05) is 20.8 Å². The van der Waals surface area contributed by atoms with Crippen LogP contribution >= 0.6 is 0 Å². The van der Waals surface area contributed by atoms with Crippen molar-refractivity contribution in [3.8, 4) is 0 Å². The first-order valence-corrected chi connectivity index (χ1v) is 6.11. The number of alkyl halides is 3. The van der Waals surface area contributed by atoms with Gasteiger partial charge in [-0.05, 0) is 32.6 Å². The molecule has 0 amide bonds. The number of hydrogen-bond donors (Lipinski definition) is 1. The third kappa shape index (κ3) is 5.80. The number of esters is 1. The van der Waals surface area contributed by atoms with Crippen LogP contribution in [-0.2, 0) is 9.53 Å². The van der Waals surface area contributed by atoms with Crippen LogP contribution in [0.1, 0.15) is 48.0 Å². The molecule has 3 nitrogen and oxygen atoms in total. The van der Waals surface area contributed by atoms with Crippen LogP contribution in [0.2, 0.25) is 0 Å². The number of nitrogens with two attached hydrogens (primary N) is 1. The number of rotatable bonds is 4. The summed E-state index contributed by atoms with van der Waals surface area (Å²) in [6, 6.07) is 0. The Morgan fingerprint density at radius 2 is 1.47 bits per heavy atom. The molecule has 0 bridgehead atoms. The van der Waals surface area contributed by atoms with E-state index in [9.17, 15) is 18.0 Å². The number of hydrogen-bond acceptors (Lipinski definition) is 3. The topological polar surface area (TPSA) is 52.3 Å². The molecule has 0 radical (unpaired) electrons. The van der Waals surface area contributed by atoms with E-state index in [0.29, 0.717) is 6.42 Å². The minimum absolute atomic E-state index is 0.261. The van der Waals surface area contributed by atoms with Gasteiger partial charge in [-0.3, -0.25) is 4.79 Å². The number of carbonyl (C=O) groups is 1. The van der Waals surface area contributed by atoms with E-state index < -0.39 is 29.7 Å². The van der Waals surface area contributed by atoms with Gasteiger partial charge in [0.25, 0.3) is 0 Å². The lowest BCUT2D eigenvalue weighted by Crippen LogP contribution is -2.56. The molecule has 1 unspecified atom stereocenters. The highest BCUT2D eigenvalue weighted by Gasteiger charge is 2.49. The average Bonchev–Trinajstić information content (AvgIpc) is 2.07. The third-order valence-corrected chi connectivity index (χ3v) is 3.12. The molecular formula is C13H24F3NO2. The SMILES string of the molecule is CC(C)(C)CC(C)(C(=O)OCC(F)(F)F)C(C)(C)N. The molecule has 0 aromatic carbocycles. The van der Waals surface area contributed by atoms with Gasteiger partial charge in [0.2, 0.25) is 0 Å². The number of carbonyl (C=O) groups excluding carboxylic acids is 1. The van der Waals surface area contributed by atoms with Crippen molar-refractivity contribution in [3.05, 3.63) is 0 Å². The van der Waals surface area contributed by atoms with E-state index in [1.165, 1.54) is 0 Å². The van der Waals surface area contributed by atoms with Gasteiger partial charge in [-0.25, -0.2) is 0 Å². The summed E-state index contributed by atoms with van der Waals surface area (Å²) in [5.74, 6) is -0.910. The Labute approximate surface area is 112 Å². The van der Waals surface area contributed by atoms with E-state index in [-0.39, 0.29) is 5.41 Å². The second kappa shape index (κ2) is 5.31. The highest BCUT2D eigenvalue weighted by Crippen LogP contribution is 2.41. The van der Waals surface area contributed by atoms with Gasteiger partial charge in [0, 0.05) is 5.54 Å². The molecule has 0 aliphatic carbocycles. The molecule has 0 heterocycles. The Bertz CT molecular complexity index is 326. The normalized spacial score (nSPS) is 16.9. The molecule has 114 valence electrons. The third-order valence-electron chi connectivity index (χ3n) is 3.12. The van der Waals surface area contributed by atoms with Crippen molar-refractivity contribution < 1.29 is 22.7 Å². The van der Waals surface area contributed by atoms with Gasteiger partial charge in [-0.2, -0.15) is 13.2 Å². The molecule has 0 aromatic rings. The molecule has 2 N–H and O–H groups in total. The van der Waals surface area contributed by atoms with Crippen molar-refractivity contribution in [1.29, 1.82) is 0 Å². The van der Waals surface area contributed by atoms with E-state index in [4.69, 9.17) is 5.73 Å². The van der Waals surface area contributed by atoms with Crippen LogP contribution in [0.25, 0.3) is 0 Å². The Balaban J connectivity index is 5.12. The first-order valence-electron chi connectivity index (χ1n) is 6.11. The summed E-state index contributed by atoms with van der Waals surface area (Å²) in [5.41, 5.74) is 3.55. The standard InChI is InChI=1S/C13H24F3NO2/c1-10(2,3)7-12(6,11(4,5)17)9(18)19-8-13(14,15)16/h7-8,17H2,1-6H3. The summed E-state index contributed by atoms with van der Waals surface area (Å²) in [6.45, 7) is 8.90. The smallest absolute Gasteiger partial charge is 0.422 e. The number of ether oxygens (including phenoxy) is 1.